The lowest BCUT2D eigenvalue weighted by atomic mass is 10.0. The molecule has 0 amide bonds. The van der Waals surface area contributed by atoms with Gasteiger partial charge in [0.1, 0.15) is 11.4 Å². The molecule has 0 aliphatic heterocycles. The minimum Gasteiger partial charge on any atom is -0.348 e. The molecular weight excluding hydrogens is 387 g/mol. The summed E-state index contributed by atoms with van der Waals surface area (Å²) in [6, 6.07) is 9.20. The lowest BCUT2D eigenvalue weighted by Crippen LogP contribution is -2.28. The predicted octanol–water partition coefficient (Wildman–Crippen LogP) is 4.58. The van der Waals surface area contributed by atoms with E-state index in [9.17, 15) is 9.59 Å². The molecule has 6 nitrogen and oxygen atoms in total. The lowest BCUT2D eigenvalue weighted by molar-refractivity contribution is 0.101. The second-order valence-electron chi connectivity index (χ2n) is 5.74. The van der Waals surface area contributed by atoms with E-state index in [2.05, 4.69) is 15.4 Å². The van der Waals surface area contributed by atoms with E-state index >= 15 is 0 Å². The number of benzene rings is 1. The average molecular weight is 403 g/mol. The second-order valence-corrected chi connectivity index (χ2v) is 6.56. The number of aryl methyl sites for hydroxylation is 1. The summed E-state index contributed by atoms with van der Waals surface area (Å²) in [6.45, 7) is 3.52. The fraction of sp³-hybridized carbons (Fsp3) is 0.158. The summed E-state index contributed by atoms with van der Waals surface area (Å²) in [5, 5.41) is 7.81. The highest BCUT2D eigenvalue weighted by molar-refractivity contribution is 6.39. The molecule has 0 aliphatic carbocycles. The van der Waals surface area contributed by atoms with Crippen LogP contribution in [0.25, 0.3) is 11.3 Å². The third-order valence-corrected chi connectivity index (χ3v) is 4.53. The van der Waals surface area contributed by atoms with E-state index in [0.717, 1.165) is 5.56 Å². The van der Waals surface area contributed by atoms with Gasteiger partial charge >= 0.3 is 0 Å². The molecule has 0 atom stereocenters. The third-order valence-electron chi connectivity index (χ3n) is 3.96. The van der Waals surface area contributed by atoms with E-state index in [1.54, 1.807) is 6.92 Å². The number of carbonyl (C=O) groups excluding carboxylic acids is 1. The van der Waals surface area contributed by atoms with Crippen LogP contribution in [0.3, 0.4) is 0 Å². The van der Waals surface area contributed by atoms with Crippen LogP contribution in [0.4, 0.5) is 11.4 Å². The third kappa shape index (κ3) is 3.72. The maximum absolute atomic E-state index is 12.9. The molecule has 1 N–H and O–H groups in total. The molecule has 138 valence electrons. The summed E-state index contributed by atoms with van der Waals surface area (Å²) in [7, 11) is 0. The first-order chi connectivity index (χ1) is 12.9. The smallest absolute Gasteiger partial charge is 0.291 e. The molecule has 3 aromatic rings. The number of anilines is 2. The zero-order valence-electron chi connectivity index (χ0n) is 14.7. The number of pyridine rings is 1. The van der Waals surface area contributed by atoms with Crippen molar-refractivity contribution in [1.82, 2.24) is 14.8 Å². The quantitative estimate of drug-likeness (QED) is 0.631. The number of hydrogen-bond acceptors (Lipinski definition) is 5. The predicted molar refractivity (Wildman–Crippen MR) is 107 cm³/mol. The topological polar surface area (TPSA) is 76.9 Å². The number of aromatic nitrogens is 3. The van der Waals surface area contributed by atoms with Gasteiger partial charge in [-0.3, -0.25) is 14.6 Å². The molecule has 2 aromatic heterocycles. The van der Waals surface area contributed by atoms with E-state index in [1.807, 2.05) is 30.3 Å². The number of carbonyl (C=O) groups is 1. The molecule has 0 saturated carbocycles. The summed E-state index contributed by atoms with van der Waals surface area (Å²) in [5.41, 5.74) is 1.26. The summed E-state index contributed by atoms with van der Waals surface area (Å²) >= 11 is 12.4. The first-order valence-corrected chi connectivity index (χ1v) is 8.97. The largest absolute Gasteiger partial charge is 0.348 e. The summed E-state index contributed by atoms with van der Waals surface area (Å²) in [4.78, 5) is 29.3. The van der Waals surface area contributed by atoms with E-state index in [4.69, 9.17) is 23.2 Å². The van der Waals surface area contributed by atoms with Gasteiger partial charge in [0.05, 0.1) is 21.3 Å². The Balaban J connectivity index is 2.32. The number of nitrogens with one attached hydrogen (secondary N) is 1. The van der Waals surface area contributed by atoms with Crippen molar-refractivity contribution in [3.8, 4) is 11.3 Å². The zero-order valence-corrected chi connectivity index (χ0v) is 16.2. The van der Waals surface area contributed by atoms with Gasteiger partial charge in [0.2, 0.25) is 0 Å². The van der Waals surface area contributed by atoms with Gasteiger partial charge in [-0.05, 0) is 13.8 Å². The monoisotopic (exact) mass is 402 g/mol. The Morgan fingerprint density at radius 3 is 2.30 bits per heavy atom. The second kappa shape index (κ2) is 7.90. The Morgan fingerprint density at radius 2 is 1.74 bits per heavy atom. The number of rotatable bonds is 5. The normalized spacial score (nSPS) is 10.7. The highest BCUT2D eigenvalue weighted by atomic mass is 35.5. The van der Waals surface area contributed by atoms with Gasteiger partial charge in [0.25, 0.3) is 5.56 Å². The van der Waals surface area contributed by atoms with E-state index in [0.29, 0.717) is 17.9 Å². The van der Waals surface area contributed by atoms with Gasteiger partial charge < -0.3 is 5.32 Å². The van der Waals surface area contributed by atoms with Gasteiger partial charge in [-0.2, -0.15) is 5.10 Å². The first-order valence-electron chi connectivity index (χ1n) is 8.21. The standard InChI is InChI=1S/C19H16Cl2N4O2/c1-3-25-19(27)18(23-17-13(20)9-22-10-14(17)21)15(11(2)26)16(24-25)12-7-5-4-6-8-12/h4-10H,3H2,1-2H3,(H,22,23). The lowest BCUT2D eigenvalue weighted by Gasteiger charge is -2.17. The van der Waals surface area contributed by atoms with Crippen LogP contribution in [0, 0.1) is 0 Å². The van der Waals surface area contributed by atoms with Crippen LogP contribution in [-0.4, -0.2) is 20.5 Å². The summed E-state index contributed by atoms with van der Waals surface area (Å²) in [6.07, 6.45) is 2.81. The van der Waals surface area contributed by atoms with E-state index in [1.165, 1.54) is 24.0 Å². The van der Waals surface area contributed by atoms with Crippen molar-refractivity contribution in [2.75, 3.05) is 5.32 Å². The number of halogens is 2. The SMILES string of the molecule is CCn1nc(-c2ccccc2)c(C(C)=O)c(Nc2c(Cl)cncc2Cl)c1=O. The number of ketones is 1. The Kier molecular flexibility index (Phi) is 5.58. The maximum atomic E-state index is 12.9. The average Bonchev–Trinajstić information content (AvgIpc) is 2.66. The van der Waals surface area contributed by atoms with Crippen LogP contribution in [0.15, 0.2) is 47.5 Å². The Morgan fingerprint density at radius 1 is 1.11 bits per heavy atom. The van der Waals surface area contributed by atoms with Crippen LogP contribution >= 0.6 is 23.2 Å². The number of hydrogen-bond donors (Lipinski definition) is 1. The fourth-order valence-electron chi connectivity index (χ4n) is 2.70. The molecule has 0 aliphatic rings. The molecule has 0 radical (unpaired) electrons. The van der Waals surface area contributed by atoms with Crippen molar-refractivity contribution < 1.29 is 4.79 Å². The van der Waals surface area contributed by atoms with Gasteiger partial charge in [-0.25, -0.2) is 4.68 Å². The first kappa shape index (κ1) is 19.1. The van der Waals surface area contributed by atoms with Crippen LogP contribution in [0.2, 0.25) is 10.0 Å². The van der Waals surface area contributed by atoms with Crippen molar-refractivity contribution in [2.24, 2.45) is 0 Å². The number of nitrogens with zero attached hydrogens (tertiary/aromatic N) is 3. The van der Waals surface area contributed by atoms with E-state index < -0.39 is 5.56 Å². The molecule has 0 spiro atoms. The van der Waals surface area contributed by atoms with Crippen molar-refractivity contribution >= 4 is 40.4 Å². The van der Waals surface area contributed by atoms with Crippen molar-refractivity contribution in [1.29, 1.82) is 0 Å². The Hall–Kier alpha value is -2.70. The van der Waals surface area contributed by atoms with Crippen molar-refractivity contribution in [3.05, 3.63) is 68.7 Å². The molecule has 2 heterocycles. The molecule has 0 unspecified atom stereocenters. The van der Waals surface area contributed by atoms with Crippen LogP contribution in [-0.2, 0) is 6.54 Å². The molecule has 8 heteroatoms. The minimum absolute atomic E-state index is 0.0770. The summed E-state index contributed by atoms with van der Waals surface area (Å²) in [5.74, 6) is -0.300. The highest BCUT2D eigenvalue weighted by Gasteiger charge is 2.23. The molecule has 0 bridgehead atoms. The van der Waals surface area contributed by atoms with Crippen LogP contribution in [0.5, 0.6) is 0 Å². The molecule has 27 heavy (non-hydrogen) atoms. The molecular formula is C19H16Cl2N4O2. The minimum atomic E-state index is -0.439. The molecule has 0 saturated heterocycles. The van der Waals surface area contributed by atoms with Gasteiger partial charge in [-0.15, -0.1) is 0 Å². The van der Waals surface area contributed by atoms with Gasteiger partial charge in [0.15, 0.2) is 5.78 Å². The molecule has 0 fully saturated rings. The molecule has 1 aromatic carbocycles. The summed E-state index contributed by atoms with van der Waals surface area (Å²) < 4.78 is 1.29. The van der Waals surface area contributed by atoms with Crippen molar-refractivity contribution in [3.63, 3.8) is 0 Å². The zero-order chi connectivity index (χ0) is 19.6. The highest BCUT2D eigenvalue weighted by Crippen LogP contribution is 2.33. The Labute approximate surface area is 165 Å². The van der Waals surface area contributed by atoms with Crippen LogP contribution in [0.1, 0.15) is 24.2 Å². The van der Waals surface area contributed by atoms with Gasteiger partial charge in [-0.1, -0.05) is 53.5 Å². The Bertz CT molecular complexity index is 1050. The van der Waals surface area contributed by atoms with Crippen molar-refractivity contribution in [2.45, 2.75) is 20.4 Å². The maximum Gasteiger partial charge on any atom is 0.291 e. The fourth-order valence-corrected chi connectivity index (χ4v) is 3.16. The number of Topliss-reactive ketones (excluding diaryl/α,β-unsaturated/α-hetero) is 1. The molecule has 3 rings (SSSR count). The van der Waals surface area contributed by atoms with Crippen LogP contribution < -0.4 is 10.9 Å². The van der Waals surface area contributed by atoms with E-state index in [-0.39, 0.29) is 27.1 Å². The van der Waals surface area contributed by atoms with Gasteiger partial charge in [0, 0.05) is 24.5 Å².